The fraction of sp³-hybridized carbons (Fsp3) is 1.00. The van der Waals surface area contributed by atoms with Crippen molar-refractivity contribution in [3.63, 3.8) is 0 Å². The van der Waals surface area contributed by atoms with E-state index in [0.717, 1.165) is 23.8 Å². The number of likely N-dealkylation sites (tertiary alicyclic amines) is 1. The molecule has 1 saturated heterocycles. The number of alkyl halides is 1. The average molecular weight is 288 g/mol. The highest BCUT2D eigenvalue weighted by atomic mass is 79.9. The summed E-state index contributed by atoms with van der Waals surface area (Å²) in [6, 6.07) is 0.939. The number of fused-ring (bicyclic) bond motifs is 1. The quantitative estimate of drug-likeness (QED) is 0.709. The fourth-order valence-corrected chi connectivity index (χ4v) is 4.48. The van der Waals surface area contributed by atoms with Gasteiger partial charge in [0, 0.05) is 17.9 Å². The van der Waals surface area contributed by atoms with E-state index in [1.165, 1.54) is 50.5 Å². The standard InChI is InChI=1S/C14H26BrN/c1-11(2)13(9-15)10-16-8-4-6-12-5-3-7-14(12)16/h11-14H,3-10H2,1-2H3. The van der Waals surface area contributed by atoms with E-state index in [9.17, 15) is 0 Å². The van der Waals surface area contributed by atoms with Crippen molar-refractivity contribution < 1.29 is 0 Å². The van der Waals surface area contributed by atoms with E-state index < -0.39 is 0 Å². The lowest BCUT2D eigenvalue weighted by molar-refractivity contribution is 0.0900. The van der Waals surface area contributed by atoms with Crippen LogP contribution in [0, 0.1) is 17.8 Å². The van der Waals surface area contributed by atoms with Gasteiger partial charge in [0.05, 0.1) is 0 Å². The average Bonchev–Trinajstić information content (AvgIpc) is 2.73. The van der Waals surface area contributed by atoms with Crippen LogP contribution >= 0.6 is 15.9 Å². The summed E-state index contributed by atoms with van der Waals surface area (Å²) in [5, 5.41) is 1.17. The molecule has 0 aromatic rings. The van der Waals surface area contributed by atoms with Gasteiger partial charge in [-0.1, -0.05) is 36.2 Å². The summed E-state index contributed by atoms with van der Waals surface area (Å²) in [7, 11) is 0. The second-order valence-corrected chi connectivity index (χ2v) is 6.70. The molecule has 2 heteroatoms. The Labute approximate surface area is 109 Å². The van der Waals surface area contributed by atoms with Crippen molar-refractivity contribution in [1.29, 1.82) is 0 Å². The van der Waals surface area contributed by atoms with E-state index in [0.29, 0.717) is 0 Å². The molecule has 0 aromatic heterocycles. The van der Waals surface area contributed by atoms with Crippen LogP contribution in [0.3, 0.4) is 0 Å². The monoisotopic (exact) mass is 287 g/mol. The Bertz CT molecular complexity index is 217. The predicted octanol–water partition coefficient (Wildman–Crippen LogP) is 3.92. The van der Waals surface area contributed by atoms with E-state index in [1.807, 2.05) is 0 Å². The summed E-state index contributed by atoms with van der Waals surface area (Å²) in [4.78, 5) is 2.81. The molecule has 1 aliphatic heterocycles. The van der Waals surface area contributed by atoms with E-state index in [4.69, 9.17) is 0 Å². The highest BCUT2D eigenvalue weighted by Gasteiger charge is 2.35. The van der Waals surface area contributed by atoms with Crippen molar-refractivity contribution in [1.82, 2.24) is 4.90 Å². The maximum atomic E-state index is 3.69. The van der Waals surface area contributed by atoms with Crippen molar-refractivity contribution in [2.45, 2.75) is 52.0 Å². The van der Waals surface area contributed by atoms with Gasteiger partial charge >= 0.3 is 0 Å². The van der Waals surface area contributed by atoms with Crippen molar-refractivity contribution in [2.24, 2.45) is 17.8 Å². The number of halogens is 1. The van der Waals surface area contributed by atoms with Crippen LogP contribution in [0.25, 0.3) is 0 Å². The number of rotatable bonds is 4. The molecule has 2 fully saturated rings. The van der Waals surface area contributed by atoms with Gasteiger partial charge in [0.15, 0.2) is 0 Å². The molecule has 94 valence electrons. The molecule has 0 radical (unpaired) electrons. The topological polar surface area (TPSA) is 3.24 Å². The third kappa shape index (κ3) is 2.81. The van der Waals surface area contributed by atoms with Crippen molar-refractivity contribution in [2.75, 3.05) is 18.4 Å². The minimum atomic E-state index is 0.807. The first-order chi connectivity index (χ1) is 7.72. The van der Waals surface area contributed by atoms with E-state index in [-0.39, 0.29) is 0 Å². The van der Waals surface area contributed by atoms with Gasteiger partial charge in [-0.3, -0.25) is 4.90 Å². The van der Waals surface area contributed by atoms with Crippen LogP contribution in [0.5, 0.6) is 0 Å². The Morgan fingerprint density at radius 2 is 1.94 bits per heavy atom. The largest absolute Gasteiger partial charge is 0.300 e. The van der Waals surface area contributed by atoms with Crippen molar-refractivity contribution in [3.8, 4) is 0 Å². The Morgan fingerprint density at radius 3 is 2.62 bits per heavy atom. The molecule has 0 amide bonds. The Hall–Kier alpha value is 0.440. The van der Waals surface area contributed by atoms with Crippen molar-refractivity contribution in [3.05, 3.63) is 0 Å². The van der Waals surface area contributed by atoms with Gasteiger partial charge in [0.25, 0.3) is 0 Å². The summed E-state index contributed by atoms with van der Waals surface area (Å²) in [6.07, 6.45) is 7.39. The molecule has 0 bridgehead atoms. The molecule has 0 spiro atoms. The first kappa shape index (κ1) is 12.9. The molecular weight excluding hydrogens is 262 g/mol. The van der Waals surface area contributed by atoms with Crippen LogP contribution in [-0.4, -0.2) is 29.4 Å². The summed E-state index contributed by atoms with van der Waals surface area (Å²) in [5.41, 5.74) is 0. The van der Waals surface area contributed by atoms with Gasteiger partial charge in [-0.2, -0.15) is 0 Å². The SMILES string of the molecule is CC(C)C(CBr)CN1CCCC2CCCC21. The maximum absolute atomic E-state index is 3.69. The zero-order chi connectivity index (χ0) is 11.5. The predicted molar refractivity (Wildman–Crippen MR) is 74.1 cm³/mol. The first-order valence-corrected chi connectivity index (χ1v) is 8.14. The number of hydrogen-bond donors (Lipinski definition) is 0. The van der Waals surface area contributed by atoms with E-state index in [1.54, 1.807) is 0 Å². The number of hydrogen-bond acceptors (Lipinski definition) is 1. The van der Waals surface area contributed by atoms with Gasteiger partial charge < -0.3 is 0 Å². The maximum Gasteiger partial charge on any atom is 0.0124 e. The fourth-order valence-electron chi connectivity index (χ4n) is 3.52. The normalized spacial score (nSPS) is 33.0. The van der Waals surface area contributed by atoms with Crippen LogP contribution in [0.15, 0.2) is 0 Å². The van der Waals surface area contributed by atoms with Gasteiger partial charge in [-0.05, 0) is 50.0 Å². The molecule has 2 rings (SSSR count). The molecule has 16 heavy (non-hydrogen) atoms. The Kier molecular flexibility index (Phi) is 4.72. The minimum Gasteiger partial charge on any atom is -0.300 e. The van der Waals surface area contributed by atoms with E-state index >= 15 is 0 Å². The molecule has 3 unspecified atom stereocenters. The lowest BCUT2D eigenvalue weighted by Gasteiger charge is -2.40. The molecule has 1 aliphatic carbocycles. The second kappa shape index (κ2) is 5.86. The first-order valence-electron chi connectivity index (χ1n) is 7.02. The molecular formula is C14H26BrN. The molecule has 1 heterocycles. The summed E-state index contributed by atoms with van der Waals surface area (Å²) in [6.45, 7) is 7.41. The van der Waals surface area contributed by atoms with Gasteiger partial charge in [-0.25, -0.2) is 0 Å². The third-order valence-corrected chi connectivity index (χ3v) is 5.55. The van der Waals surface area contributed by atoms with Crippen LogP contribution in [0.1, 0.15) is 46.0 Å². The Balaban J connectivity index is 1.92. The van der Waals surface area contributed by atoms with Crippen LogP contribution in [0.4, 0.5) is 0 Å². The van der Waals surface area contributed by atoms with Crippen LogP contribution in [-0.2, 0) is 0 Å². The molecule has 3 atom stereocenters. The lowest BCUT2D eigenvalue weighted by atomic mass is 9.89. The lowest BCUT2D eigenvalue weighted by Crippen LogP contribution is -2.45. The summed E-state index contributed by atoms with van der Waals surface area (Å²) in [5.74, 6) is 2.68. The molecule has 2 aliphatic rings. The number of piperidine rings is 1. The zero-order valence-electron chi connectivity index (χ0n) is 10.8. The van der Waals surface area contributed by atoms with Gasteiger partial charge in [0.1, 0.15) is 0 Å². The smallest absolute Gasteiger partial charge is 0.0124 e. The summed E-state index contributed by atoms with van der Waals surface area (Å²) >= 11 is 3.69. The third-order valence-electron chi connectivity index (χ3n) is 4.72. The number of nitrogens with zero attached hydrogens (tertiary/aromatic N) is 1. The molecule has 1 saturated carbocycles. The van der Waals surface area contributed by atoms with Crippen LogP contribution < -0.4 is 0 Å². The van der Waals surface area contributed by atoms with E-state index in [2.05, 4.69) is 34.7 Å². The molecule has 0 aromatic carbocycles. The van der Waals surface area contributed by atoms with Crippen LogP contribution in [0.2, 0.25) is 0 Å². The van der Waals surface area contributed by atoms with Gasteiger partial charge in [0.2, 0.25) is 0 Å². The highest BCUT2D eigenvalue weighted by Crippen LogP contribution is 2.37. The second-order valence-electron chi connectivity index (χ2n) is 6.05. The Morgan fingerprint density at radius 1 is 1.19 bits per heavy atom. The molecule has 0 N–H and O–H groups in total. The highest BCUT2D eigenvalue weighted by molar-refractivity contribution is 9.09. The van der Waals surface area contributed by atoms with Crippen molar-refractivity contribution >= 4 is 15.9 Å². The minimum absolute atomic E-state index is 0.807. The summed E-state index contributed by atoms with van der Waals surface area (Å²) < 4.78 is 0. The van der Waals surface area contributed by atoms with Gasteiger partial charge in [-0.15, -0.1) is 0 Å². The zero-order valence-corrected chi connectivity index (χ0v) is 12.4. The molecule has 1 nitrogen and oxygen atoms in total.